The molecule has 0 atom stereocenters. The first-order chi connectivity index (χ1) is 16.8. The molecule has 35 heavy (non-hydrogen) atoms. The molecule has 3 aromatic carbocycles. The van der Waals surface area contributed by atoms with Crippen LogP contribution in [0.5, 0.6) is 0 Å². The number of aromatic amines is 1. The Labute approximate surface area is 205 Å². The minimum atomic E-state index is -3.62. The summed E-state index contributed by atoms with van der Waals surface area (Å²) in [7, 11) is -3.62. The smallest absolute Gasteiger partial charge is 0.241 e. The number of nitrogens with one attached hydrogen (secondary N) is 3. The van der Waals surface area contributed by atoms with Gasteiger partial charge in [0.05, 0.1) is 15.9 Å². The molecule has 5 rings (SSSR count). The summed E-state index contributed by atoms with van der Waals surface area (Å²) in [4.78, 5) is 20.8. The summed E-state index contributed by atoms with van der Waals surface area (Å²) in [6.45, 7) is 4.47. The van der Waals surface area contributed by atoms with Crippen molar-refractivity contribution in [3.8, 4) is 0 Å². The summed E-state index contributed by atoms with van der Waals surface area (Å²) >= 11 is 0. The van der Waals surface area contributed by atoms with Crippen LogP contribution in [-0.4, -0.2) is 30.8 Å². The van der Waals surface area contributed by atoms with Crippen LogP contribution in [0.25, 0.3) is 21.8 Å². The van der Waals surface area contributed by atoms with E-state index in [-0.39, 0.29) is 17.7 Å². The molecule has 1 fully saturated rings. The number of sulfonamides is 1. The summed E-state index contributed by atoms with van der Waals surface area (Å²) in [6.07, 6.45) is 3.05. The molecule has 0 radical (unpaired) electrons. The van der Waals surface area contributed by atoms with Crippen LogP contribution in [0.4, 0.5) is 5.95 Å². The Kier molecular flexibility index (Phi) is 6.34. The quantitative estimate of drug-likeness (QED) is 0.352. The molecular weight excluding hydrogens is 460 g/mol. The van der Waals surface area contributed by atoms with E-state index in [2.05, 4.69) is 26.9 Å². The van der Waals surface area contributed by atoms with E-state index in [0.29, 0.717) is 17.4 Å². The highest BCUT2D eigenvalue weighted by atomic mass is 32.2. The van der Waals surface area contributed by atoms with Crippen LogP contribution in [-0.2, 0) is 14.8 Å². The minimum absolute atomic E-state index is 0.0349. The van der Waals surface area contributed by atoms with Gasteiger partial charge in [0.25, 0.3) is 0 Å². The third-order valence-corrected chi connectivity index (χ3v) is 8.64. The number of aromatic nitrogens is 2. The predicted octanol–water partition coefficient (Wildman–Crippen LogP) is 5.06. The molecule has 1 aliphatic carbocycles. The Morgan fingerprint density at radius 3 is 2.51 bits per heavy atom. The molecule has 0 bridgehead atoms. The van der Waals surface area contributed by atoms with Crippen LogP contribution in [0.1, 0.15) is 36.8 Å². The van der Waals surface area contributed by atoms with E-state index in [9.17, 15) is 13.2 Å². The molecule has 1 saturated carbocycles. The van der Waals surface area contributed by atoms with Gasteiger partial charge in [0.2, 0.25) is 21.9 Å². The summed E-state index contributed by atoms with van der Waals surface area (Å²) < 4.78 is 28.8. The first-order valence-electron chi connectivity index (χ1n) is 12.1. The molecule has 0 spiro atoms. The van der Waals surface area contributed by atoms with Crippen molar-refractivity contribution in [2.75, 3.05) is 11.9 Å². The van der Waals surface area contributed by atoms with E-state index < -0.39 is 10.0 Å². The number of hydrogen-bond acceptors (Lipinski definition) is 4. The molecule has 7 nitrogen and oxygen atoms in total. The zero-order valence-electron chi connectivity index (χ0n) is 20.0. The van der Waals surface area contributed by atoms with Gasteiger partial charge in [0, 0.05) is 17.8 Å². The fourth-order valence-electron chi connectivity index (χ4n) is 4.91. The number of anilines is 1. The van der Waals surface area contributed by atoms with Gasteiger partial charge >= 0.3 is 0 Å². The molecule has 0 aliphatic heterocycles. The van der Waals surface area contributed by atoms with Gasteiger partial charge in [-0.2, -0.15) is 0 Å². The van der Waals surface area contributed by atoms with Crippen LogP contribution in [0.15, 0.2) is 59.5 Å². The summed E-state index contributed by atoms with van der Waals surface area (Å²) in [5, 5.41) is 4.55. The van der Waals surface area contributed by atoms with E-state index >= 15 is 0 Å². The lowest BCUT2D eigenvalue weighted by atomic mass is 9.81. The second kappa shape index (κ2) is 9.43. The topological polar surface area (TPSA) is 104 Å². The Hall–Kier alpha value is -3.23. The summed E-state index contributed by atoms with van der Waals surface area (Å²) in [5.74, 6) is 0.547. The fourth-order valence-corrected chi connectivity index (χ4v) is 6.26. The molecule has 0 saturated heterocycles. The number of imidazole rings is 1. The highest BCUT2D eigenvalue weighted by molar-refractivity contribution is 7.89. The molecule has 3 N–H and O–H groups in total. The maximum atomic E-state index is 13.0. The van der Waals surface area contributed by atoms with Gasteiger partial charge in [-0.3, -0.25) is 10.1 Å². The molecule has 1 heterocycles. The molecular formula is C27H30N4O3S. The van der Waals surface area contributed by atoms with Crippen molar-refractivity contribution in [1.82, 2.24) is 14.7 Å². The van der Waals surface area contributed by atoms with Gasteiger partial charge in [-0.25, -0.2) is 18.1 Å². The van der Waals surface area contributed by atoms with E-state index in [1.807, 2.05) is 49.4 Å². The largest absolute Gasteiger partial charge is 0.324 e. The highest BCUT2D eigenvalue weighted by Gasteiger charge is 2.28. The van der Waals surface area contributed by atoms with Gasteiger partial charge in [-0.1, -0.05) is 36.4 Å². The standard InChI is InChI=1S/C27H30N4O3S/c1-17-14-23-24(15-18(17)2)30-27(29-23)31-26(32)21-12-10-19(11-13-21)16-28-35(33,34)25-9-5-7-20-6-3-4-8-22(20)25/h3-9,14-15,19,21,28H,10-13,16H2,1-2H3,(H2,29,30,31,32). The van der Waals surface area contributed by atoms with Crippen molar-refractivity contribution in [3.05, 3.63) is 65.7 Å². The van der Waals surface area contributed by atoms with Crippen molar-refractivity contribution in [2.45, 2.75) is 44.4 Å². The van der Waals surface area contributed by atoms with Crippen molar-refractivity contribution in [1.29, 1.82) is 0 Å². The maximum absolute atomic E-state index is 13.0. The Morgan fingerprint density at radius 2 is 1.71 bits per heavy atom. The van der Waals surface area contributed by atoms with Crippen LogP contribution in [0.3, 0.4) is 0 Å². The lowest BCUT2D eigenvalue weighted by Crippen LogP contribution is -2.33. The van der Waals surface area contributed by atoms with Crippen molar-refractivity contribution in [3.63, 3.8) is 0 Å². The first kappa shape index (κ1) is 23.5. The van der Waals surface area contributed by atoms with E-state index in [1.54, 1.807) is 12.1 Å². The Balaban J connectivity index is 1.16. The number of rotatable bonds is 6. The zero-order chi connectivity index (χ0) is 24.6. The predicted molar refractivity (Wildman–Crippen MR) is 139 cm³/mol. The second-order valence-electron chi connectivity index (χ2n) is 9.58. The number of amides is 1. The molecule has 1 aromatic heterocycles. The van der Waals surface area contributed by atoms with Crippen LogP contribution in [0.2, 0.25) is 0 Å². The molecule has 4 aromatic rings. The van der Waals surface area contributed by atoms with E-state index in [4.69, 9.17) is 0 Å². The van der Waals surface area contributed by atoms with Crippen LogP contribution < -0.4 is 10.0 Å². The number of carbonyl (C=O) groups is 1. The van der Waals surface area contributed by atoms with Gasteiger partial charge < -0.3 is 4.98 Å². The average Bonchev–Trinajstić information content (AvgIpc) is 3.23. The number of hydrogen-bond donors (Lipinski definition) is 3. The van der Waals surface area contributed by atoms with Crippen LogP contribution >= 0.6 is 0 Å². The Bertz CT molecular complexity index is 1460. The second-order valence-corrected chi connectivity index (χ2v) is 11.3. The van der Waals surface area contributed by atoms with Crippen LogP contribution in [0, 0.1) is 25.7 Å². The molecule has 0 unspecified atom stereocenters. The first-order valence-corrected chi connectivity index (χ1v) is 13.5. The van der Waals surface area contributed by atoms with Gasteiger partial charge in [0.15, 0.2) is 0 Å². The van der Waals surface area contributed by atoms with Gasteiger partial charge in [-0.05, 0) is 80.2 Å². The third-order valence-electron chi connectivity index (χ3n) is 7.16. The normalized spacial score (nSPS) is 18.7. The van der Waals surface area contributed by atoms with Crippen molar-refractivity contribution < 1.29 is 13.2 Å². The zero-order valence-corrected chi connectivity index (χ0v) is 20.8. The lowest BCUT2D eigenvalue weighted by Gasteiger charge is -2.27. The van der Waals surface area contributed by atoms with Crippen molar-refractivity contribution in [2.24, 2.45) is 11.8 Å². The SMILES string of the molecule is Cc1cc2nc(NC(=O)C3CCC(CNS(=O)(=O)c4cccc5ccccc45)CC3)[nH]c2cc1C. The third kappa shape index (κ3) is 4.94. The monoisotopic (exact) mass is 490 g/mol. The molecule has 1 aliphatic rings. The van der Waals surface area contributed by atoms with Crippen molar-refractivity contribution >= 4 is 43.7 Å². The summed E-state index contributed by atoms with van der Waals surface area (Å²) in [5.41, 5.74) is 4.08. The lowest BCUT2D eigenvalue weighted by molar-refractivity contribution is -0.121. The molecule has 1 amide bonds. The summed E-state index contributed by atoms with van der Waals surface area (Å²) in [6, 6.07) is 16.9. The minimum Gasteiger partial charge on any atom is -0.324 e. The Morgan fingerprint density at radius 1 is 1.00 bits per heavy atom. The van der Waals surface area contributed by atoms with E-state index in [0.717, 1.165) is 53.1 Å². The number of aryl methyl sites for hydroxylation is 2. The fraction of sp³-hybridized carbons (Fsp3) is 0.333. The number of carbonyl (C=O) groups excluding carboxylic acids is 1. The molecule has 8 heteroatoms. The van der Waals surface area contributed by atoms with Gasteiger partial charge in [0.1, 0.15) is 0 Å². The number of benzene rings is 3. The van der Waals surface area contributed by atoms with E-state index in [1.165, 1.54) is 5.56 Å². The maximum Gasteiger partial charge on any atom is 0.241 e. The number of H-pyrrole nitrogens is 1. The molecule has 182 valence electrons. The number of nitrogens with zero attached hydrogens (tertiary/aromatic N) is 1. The number of fused-ring (bicyclic) bond motifs is 2. The average molecular weight is 491 g/mol. The van der Waals surface area contributed by atoms with Gasteiger partial charge in [-0.15, -0.1) is 0 Å². The highest BCUT2D eigenvalue weighted by Crippen LogP contribution is 2.30.